The van der Waals surface area contributed by atoms with Crippen LogP contribution in [0.25, 0.3) is 0 Å². The second-order valence-electron chi connectivity index (χ2n) is 3.65. The molecule has 0 fully saturated rings. The van der Waals surface area contributed by atoms with Crippen LogP contribution < -0.4 is 5.32 Å². The minimum Gasteiger partial charge on any atom is -0.312 e. The fourth-order valence-corrected chi connectivity index (χ4v) is 1.73. The Morgan fingerprint density at radius 2 is 2.00 bits per heavy atom. The van der Waals surface area contributed by atoms with Crippen molar-refractivity contribution in [3.05, 3.63) is 17.0 Å². The Bertz CT molecular complexity index is 284. The number of hydrogen-bond acceptors (Lipinski definition) is 2. The maximum absolute atomic E-state index is 4.33. The minimum atomic E-state index is 0. The molecule has 0 saturated heterocycles. The third kappa shape index (κ3) is 2.41. The van der Waals surface area contributed by atoms with E-state index in [4.69, 9.17) is 0 Å². The molecule has 3 nitrogen and oxygen atoms in total. The number of nitrogens with zero attached hydrogens (tertiary/aromatic N) is 1. The van der Waals surface area contributed by atoms with Crippen LogP contribution in [0.1, 0.15) is 36.7 Å². The van der Waals surface area contributed by atoms with E-state index >= 15 is 0 Å². The molecule has 0 spiro atoms. The summed E-state index contributed by atoms with van der Waals surface area (Å²) in [6.07, 6.45) is 1.09. The van der Waals surface area contributed by atoms with Crippen LogP contribution in [0.4, 0.5) is 0 Å². The van der Waals surface area contributed by atoms with Gasteiger partial charge in [0.05, 0.1) is 5.69 Å². The average molecular weight is 238 g/mol. The first kappa shape index (κ1) is 13.8. The number of fused-ring (bicyclic) bond motifs is 1. The van der Waals surface area contributed by atoms with Crippen molar-refractivity contribution in [2.75, 3.05) is 6.54 Å². The zero-order valence-corrected chi connectivity index (χ0v) is 10.1. The van der Waals surface area contributed by atoms with Gasteiger partial charge in [0.25, 0.3) is 0 Å². The van der Waals surface area contributed by atoms with Crippen LogP contribution >= 0.6 is 24.8 Å². The molecule has 14 heavy (non-hydrogen) atoms. The van der Waals surface area contributed by atoms with Crippen molar-refractivity contribution >= 4 is 24.8 Å². The molecule has 1 aliphatic rings. The van der Waals surface area contributed by atoms with Gasteiger partial charge in [0.15, 0.2) is 0 Å². The van der Waals surface area contributed by atoms with E-state index in [-0.39, 0.29) is 24.8 Å². The van der Waals surface area contributed by atoms with Gasteiger partial charge >= 0.3 is 0 Å². The van der Waals surface area contributed by atoms with Crippen LogP contribution in [-0.2, 0) is 13.0 Å². The highest BCUT2D eigenvalue weighted by molar-refractivity contribution is 5.85. The molecular weight excluding hydrogens is 221 g/mol. The van der Waals surface area contributed by atoms with E-state index in [0.29, 0.717) is 5.92 Å². The molecule has 2 rings (SSSR count). The highest BCUT2D eigenvalue weighted by atomic mass is 35.5. The number of hydrogen-bond donors (Lipinski definition) is 2. The molecule has 2 heterocycles. The highest BCUT2D eigenvalue weighted by Crippen LogP contribution is 2.21. The smallest absolute Gasteiger partial charge is 0.0695 e. The van der Waals surface area contributed by atoms with Gasteiger partial charge in [-0.15, -0.1) is 24.8 Å². The molecule has 0 aliphatic carbocycles. The number of aromatic nitrogens is 2. The lowest BCUT2D eigenvalue weighted by Crippen LogP contribution is -2.23. The number of H-pyrrole nitrogens is 1. The molecule has 0 bridgehead atoms. The molecule has 82 valence electrons. The Balaban J connectivity index is 0.000000845. The second-order valence-corrected chi connectivity index (χ2v) is 3.65. The van der Waals surface area contributed by atoms with Crippen molar-refractivity contribution in [1.82, 2.24) is 15.5 Å². The quantitative estimate of drug-likeness (QED) is 0.785. The standard InChI is InChI=1S/C9H15N3.2ClH/c1-6(2)9-7-5-10-4-3-8(7)11-12-9;;/h6,10H,3-5H2,1-2H3,(H,11,12);2*1H. The number of halogens is 2. The predicted octanol–water partition coefficient (Wildman–Crippen LogP) is 2.02. The molecule has 5 heteroatoms. The Kier molecular flexibility index (Phi) is 5.49. The van der Waals surface area contributed by atoms with Gasteiger partial charge in [0.2, 0.25) is 0 Å². The molecule has 0 aromatic carbocycles. The first-order valence-corrected chi connectivity index (χ1v) is 4.55. The lowest BCUT2D eigenvalue weighted by Gasteiger charge is -2.13. The first-order chi connectivity index (χ1) is 5.79. The molecule has 0 radical (unpaired) electrons. The second kappa shape index (κ2) is 5.59. The number of aromatic amines is 1. The molecule has 2 N–H and O–H groups in total. The molecule has 0 atom stereocenters. The number of rotatable bonds is 1. The van der Waals surface area contributed by atoms with Gasteiger partial charge in [-0.1, -0.05) is 13.8 Å². The van der Waals surface area contributed by atoms with Crippen molar-refractivity contribution in [2.24, 2.45) is 0 Å². The average Bonchev–Trinajstić information content (AvgIpc) is 2.47. The van der Waals surface area contributed by atoms with Crippen LogP contribution in [0.15, 0.2) is 0 Å². The van der Waals surface area contributed by atoms with Crippen molar-refractivity contribution in [2.45, 2.75) is 32.7 Å². The van der Waals surface area contributed by atoms with Gasteiger partial charge in [-0.3, -0.25) is 5.10 Å². The summed E-state index contributed by atoms with van der Waals surface area (Å²) in [6, 6.07) is 0. The minimum absolute atomic E-state index is 0. The molecule has 0 saturated carbocycles. The summed E-state index contributed by atoms with van der Waals surface area (Å²) in [4.78, 5) is 0. The molecule has 0 amide bonds. The van der Waals surface area contributed by atoms with E-state index in [9.17, 15) is 0 Å². The van der Waals surface area contributed by atoms with Gasteiger partial charge in [0.1, 0.15) is 0 Å². The third-order valence-corrected chi connectivity index (χ3v) is 2.39. The SMILES string of the molecule is CC(C)c1n[nH]c2c1CNCC2.Cl.Cl. The number of nitrogens with one attached hydrogen (secondary N) is 2. The van der Waals surface area contributed by atoms with Crippen molar-refractivity contribution in [3.8, 4) is 0 Å². The summed E-state index contributed by atoms with van der Waals surface area (Å²) in [5, 5.41) is 10.8. The summed E-state index contributed by atoms with van der Waals surface area (Å²) in [5.41, 5.74) is 3.96. The largest absolute Gasteiger partial charge is 0.312 e. The zero-order valence-electron chi connectivity index (χ0n) is 8.46. The fourth-order valence-electron chi connectivity index (χ4n) is 1.73. The van der Waals surface area contributed by atoms with E-state index in [1.54, 1.807) is 0 Å². The monoisotopic (exact) mass is 237 g/mol. The Morgan fingerprint density at radius 1 is 1.29 bits per heavy atom. The normalized spacial score (nSPS) is 14.2. The summed E-state index contributed by atoms with van der Waals surface area (Å²) in [7, 11) is 0. The van der Waals surface area contributed by atoms with E-state index in [1.165, 1.54) is 17.0 Å². The van der Waals surface area contributed by atoms with E-state index in [0.717, 1.165) is 19.5 Å². The van der Waals surface area contributed by atoms with Crippen molar-refractivity contribution in [3.63, 3.8) is 0 Å². The van der Waals surface area contributed by atoms with E-state index in [2.05, 4.69) is 29.4 Å². The van der Waals surface area contributed by atoms with Crippen LogP contribution in [0.2, 0.25) is 0 Å². The lowest BCUT2D eigenvalue weighted by molar-refractivity contribution is 0.630. The van der Waals surface area contributed by atoms with Gasteiger partial charge in [-0.2, -0.15) is 5.10 Å². The maximum atomic E-state index is 4.33. The van der Waals surface area contributed by atoms with E-state index < -0.39 is 0 Å². The van der Waals surface area contributed by atoms with Crippen LogP contribution in [0.3, 0.4) is 0 Å². The third-order valence-electron chi connectivity index (χ3n) is 2.39. The summed E-state index contributed by atoms with van der Waals surface area (Å²) in [6.45, 7) is 6.43. The Hall–Kier alpha value is -0.250. The van der Waals surface area contributed by atoms with Crippen LogP contribution in [0.5, 0.6) is 0 Å². The first-order valence-electron chi connectivity index (χ1n) is 4.55. The summed E-state index contributed by atoms with van der Waals surface area (Å²) >= 11 is 0. The topological polar surface area (TPSA) is 40.7 Å². The summed E-state index contributed by atoms with van der Waals surface area (Å²) < 4.78 is 0. The Morgan fingerprint density at radius 3 is 2.64 bits per heavy atom. The maximum Gasteiger partial charge on any atom is 0.0695 e. The molecule has 0 unspecified atom stereocenters. The molecule has 1 aliphatic heterocycles. The van der Waals surface area contributed by atoms with Crippen LogP contribution in [0, 0.1) is 0 Å². The zero-order chi connectivity index (χ0) is 8.55. The molecule has 1 aromatic heterocycles. The van der Waals surface area contributed by atoms with Crippen LogP contribution in [-0.4, -0.2) is 16.7 Å². The van der Waals surface area contributed by atoms with E-state index in [1.807, 2.05) is 0 Å². The predicted molar refractivity (Wildman–Crippen MR) is 62.6 cm³/mol. The fraction of sp³-hybridized carbons (Fsp3) is 0.667. The van der Waals surface area contributed by atoms with Gasteiger partial charge in [-0.05, 0) is 5.92 Å². The summed E-state index contributed by atoms with van der Waals surface area (Å²) in [5.74, 6) is 0.532. The van der Waals surface area contributed by atoms with Crippen molar-refractivity contribution in [1.29, 1.82) is 0 Å². The van der Waals surface area contributed by atoms with Crippen molar-refractivity contribution < 1.29 is 0 Å². The highest BCUT2D eigenvalue weighted by Gasteiger charge is 2.17. The van der Waals surface area contributed by atoms with Gasteiger partial charge in [-0.25, -0.2) is 0 Å². The lowest BCUT2D eigenvalue weighted by atomic mass is 10.0. The molecule has 1 aromatic rings. The Labute approximate surface area is 96.9 Å². The van der Waals surface area contributed by atoms with Gasteiger partial charge in [0, 0.05) is 30.8 Å². The van der Waals surface area contributed by atoms with Gasteiger partial charge < -0.3 is 5.32 Å². The molecular formula is C9H17Cl2N3.